The summed E-state index contributed by atoms with van der Waals surface area (Å²) in [4.78, 5) is 10.6. The average Bonchev–Trinajstić information content (AvgIpc) is 2.14. The van der Waals surface area contributed by atoms with Gasteiger partial charge in [0, 0.05) is 0 Å². The highest BCUT2D eigenvalue weighted by molar-refractivity contribution is 7.80. The predicted octanol–water partition coefficient (Wildman–Crippen LogP) is -0.683. The van der Waals surface area contributed by atoms with Crippen molar-refractivity contribution in [2.45, 2.75) is 0 Å². The van der Waals surface area contributed by atoms with Crippen LogP contribution in [0.1, 0.15) is 0 Å². The molecule has 0 spiro atoms. The van der Waals surface area contributed by atoms with E-state index in [1.807, 2.05) is 0 Å². The fourth-order valence-electron chi connectivity index (χ4n) is 0.470. The summed E-state index contributed by atoms with van der Waals surface area (Å²) in [5, 5.41) is 9.09. The lowest BCUT2D eigenvalue weighted by Gasteiger charge is -2.08. The monoisotopic (exact) mass is 147 g/mol. The largest absolute Gasteiger partial charge is 0.463 e. The first-order valence-corrected chi connectivity index (χ1v) is 2.67. The molecule has 0 bridgehead atoms. The number of hydrogen-bond acceptors (Lipinski definition) is 3. The van der Waals surface area contributed by atoms with E-state index in [0.29, 0.717) is 11.5 Å². The minimum absolute atomic E-state index is 0.391. The second kappa shape index (κ2) is 2.16. The Hall–Kier alpha value is -0.880. The second-order valence-electron chi connectivity index (χ2n) is 1.49. The molecule has 1 amide bonds. The zero-order chi connectivity index (χ0) is 6.85. The molecule has 0 aromatic heterocycles. The molecule has 1 saturated heterocycles. The van der Waals surface area contributed by atoms with Gasteiger partial charge in [-0.15, -0.1) is 5.12 Å². The van der Waals surface area contributed by atoms with Crippen LogP contribution in [0, 0.1) is 0 Å². The first-order chi connectivity index (χ1) is 4.20. The second-order valence-corrected chi connectivity index (χ2v) is 1.98. The van der Waals surface area contributed by atoms with E-state index in [2.05, 4.69) is 23.1 Å². The van der Waals surface area contributed by atoms with Gasteiger partial charge in [0.1, 0.15) is 4.99 Å². The number of amides is 1. The van der Waals surface area contributed by atoms with Gasteiger partial charge in [0.2, 0.25) is 0 Å². The molecule has 1 fully saturated rings. The molecule has 5 nitrogen and oxygen atoms in total. The highest BCUT2D eigenvalue weighted by atomic mass is 32.1. The SMILES string of the molecule is O=C(O)N1NCC(=S)N1. The molecule has 1 aliphatic heterocycles. The lowest BCUT2D eigenvalue weighted by molar-refractivity contribution is 0.120. The van der Waals surface area contributed by atoms with Gasteiger partial charge in [-0.3, -0.25) is 5.43 Å². The summed E-state index contributed by atoms with van der Waals surface area (Å²) in [6.45, 7) is 0.391. The smallest absolute Gasteiger partial charge is 0.441 e. The number of carboxylic acid groups (broad SMARTS) is 1. The van der Waals surface area contributed by atoms with Crippen molar-refractivity contribution in [1.29, 1.82) is 0 Å². The topological polar surface area (TPSA) is 64.6 Å². The maximum Gasteiger partial charge on any atom is 0.441 e. The molecule has 0 aromatic carbocycles. The molecule has 0 atom stereocenters. The normalized spacial score (nSPS) is 17.8. The molecule has 0 aliphatic carbocycles. The molecule has 0 radical (unpaired) electrons. The van der Waals surface area contributed by atoms with Crippen LogP contribution in [0.25, 0.3) is 0 Å². The molecule has 3 N–H and O–H groups in total. The summed E-state index contributed by atoms with van der Waals surface area (Å²) < 4.78 is 0. The van der Waals surface area contributed by atoms with Crippen LogP contribution < -0.4 is 10.9 Å². The Labute approximate surface area is 56.6 Å². The third-order valence-corrected chi connectivity index (χ3v) is 1.06. The zero-order valence-electron chi connectivity index (χ0n) is 4.42. The number of nitrogens with zero attached hydrogens (tertiary/aromatic N) is 1. The van der Waals surface area contributed by atoms with Crippen LogP contribution in [-0.4, -0.2) is 27.9 Å². The Morgan fingerprint density at radius 2 is 2.56 bits per heavy atom. The average molecular weight is 147 g/mol. The Bertz CT molecular complexity index is 159. The van der Waals surface area contributed by atoms with Crippen molar-refractivity contribution in [3.63, 3.8) is 0 Å². The molecule has 9 heavy (non-hydrogen) atoms. The molecular weight excluding hydrogens is 142 g/mol. The van der Waals surface area contributed by atoms with Crippen LogP contribution in [0.2, 0.25) is 0 Å². The van der Waals surface area contributed by atoms with Crippen LogP contribution >= 0.6 is 12.2 Å². The summed E-state index contributed by atoms with van der Waals surface area (Å²) in [7, 11) is 0. The van der Waals surface area contributed by atoms with Crippen LogP contribution in [0.3, 0.4) is 0 Å². The van der Waals surface area contributed by atoms with E-state index >= 15 is 0 Å². The van der Waals surface area contributed by atoms with Crippen molar-refractivity contribution in [1.82, 2.24) is 16.0 Å². The maximum absolute atomic E-state index is 10.1. The molecular formula is C3H5N3O2S. The van der Waals surface area contributed by atoms with Gasteiger partial charge in [0.25, 0.3) is 0 Å². The number of hydrogen-bond donors (Lipinski definition) is 3. The third kappa shape index (κ3) is 1.27. The molecule has 6 heteroatoms. The maximum atomic E-state index is 10.1. The van der Waals surface area contributed by atoms with Crippen LogP contribution in [0.5, 0.6) is 0 Å². The molecule has 1 heterocycles. The summed E-state index contributed by atoms with van der Waals surface area (Å²) in [6, 6.07) is 0. The van der Waals surface area contributed by atoms with Crippen molar-refractivity contribution < 1.29 is 9.90 Å². The molecule has 1 rings (SSSR count). The number of hydrazine groups is 2. The first kappa shape index (κ1) is 6.24. The fraction of sp³-hybridized carbons (Fsp3) is 0.333. The van der Waals surface area contributed by atoms with Gasteiger partial charge in [0.05, 0.1) is 6.54 Å². The fourth-order valence-corrected chi connectivity index (χ4v) is 0.626. The Morgan fingerprint density at radius 1 is 1.89 bits per heavy atom. The van der Waals surface area contributed by atoms with E-state index in [0.717, 1.165) is 5.12 Å². The van der Waals surface area contributed by atoms with Crippen molar-refractivity contribution >= 4 is 23.3 Å². The first-order valence-electron chi connectivity index (χ1n) is 2.26. The van der Waals surface area contributed by atoms with Gasteiger partial charge in [-0.25, -0.2) is 10.2 Å². The minimum Gasteiger partial charge on any atom is -0.463 e. The lowest BCUT2D eigenvalue weighted by Crippen LogP contribution is -2.42. The third-order valence-electron chi connectivity index (χ3n) is 0.826. The Kier molecular flexibility index (Phi) is 1.50. The summed E-state index contributed by atoms with van der Waals surface area (Å²) in [5.74, 6) is 0. The number of nitrogens with one attached hydrogen (secondary N) is 2. The predicted molar refractivity (Wildman–Crippen MR) is 33.6 cm³/mol. The van der Waals surface area contributed by atoms with Crippen molar-refractivity contribution in [2.75, 3.05) is 6.54 Å². The van der Waals surface area contributed by atoms with E-state index in [9.17, 15) is 4.79 Å². The number of rotatable bonds is 0. The zero-order valence-corrected chi connectivity index (χ0v) is 5.23. The van der Waals surface area contributed by atoms with Gasteiger partial charge < -0.3 is 5.11 Å². The van der Waals surface area contributed by atoms with Gasteiger partial charge in [0.15, 0.2) is 0 Å². The molecule has 50 valence electrons. The van der Waals surface area contributed by atoms with E-state index in [-0.39, 0.29) is 0 Å². The summed E-state index contributed by atoms with van der Waals surface area (Å²) in [5.41, 5.74) is 4.89. The standard InChI is InChI=1S/C3H5N3O2S/c7-3(8)6-4-1-2(9)5-6/h4H,1H2,(H,5,9)(H,7,8). The van der Waals surface area contributed by atoms with Crippen LogP contribution in [0.4, 0.5) is 4.79 Å². The number of thiocarbonyl (C=S) groups is 1. The summed E-state index contributed by atoms with van der Waals surface area (Å²) >= 11 is 4.64. The quantitative estimate of drug-likeness (QED) is 0.396. The van der Waals surface area contributed by atoms with Crippen LogP contribution in [-0.2, 0) is 0 Å². The molecule has 0 aromatic rings. The van der Waals surface area contributed by atoms with Gasteiger partial charge >= 0.3 is 6.09 Å². The Morgan fingerprint density at radius 3 is 2.78 bits per heavy atom. The van der Waals surface area contributed by atoms with Gasteiger partial charge in [-0.1, -0.05) is 12.2 Å². The highest BCUT2D eigenvalue weighted by Crippen LogP contribution is 1.86. The molecule has 0 saturated carbocycles. The van der Waals surface area contributed by atoms with Crippen LogP contribution in [0.15, 0.2) is 0 Å². The van der Waals surface area contributed by atoms with Crippen molar-refractivity contribution in [2.24, 2.45) is 0 Å². The van der Waals surface area contributed by atoms with Gasteiger partial charge in [-0.05, 0) is 0 Å². The lowest BCUT2D eigenvalue weighted by atomic mass is 10.7. The van der Waals surface area contributed by atoms with Gasteiger partial charge in [-0.2, -0.15) is 0 Å². The van der Waals surface area contributed by atoms with E-state index in [1.54, 1.807) is 0 Å². The summed E-state index contributed by atoms with van der Waals surface area (Å²) in [6.07, 6.45) is -1.09. The minimum atomic E-state index is -1.09. The van der Waals surface area contributed by atoms with E-state index < -0.39 is 6.09 Å². The molecule has 1 aliphatic rings. The van der Waals surface area contributed by atoms with Crippen molar-refractivity contribution in [3.8, 4) is 0 Å². The highest BCUT2D eigenvalue weighted by Gasteiger charge is 2.18. The van der Waals surface area contributed by atoms with E-state index in [4.69, 9.17) is 5.11 Å². The van der Waals surface area contributed by atoms with Crippen molar-refractivity contribution in [3.05, 3.63) is 0 Å². The number of carbonyl (C=O) groups is 1. The Balaban J connectivity index is 2.48. The van der Waals surface area contributed by atoms with E-state index in [1.165, 1.54) is 0 Å². The molecule has 0 unspecified atom stereocenters.